The number of pyridine rings is 1. The van der Waals surface area contributed by atoms with Gasteiger partial charge in [-0.2, -0.15) is 0 Å². The molecule has 114 valence electrons. The molecule has 1 heterocycles. The molecule has 0 aliphatic heterocycles. The second kappa shape index (κ2) is 6.14. The van der Waals surface area contributed by atoms with Crippen molar-refractivity contribution in [2.75, 3.05) is 11.9 Å². The maximum atomic E-state index is 12.2. The highest BCUT2D eigenvalue weighted by Crippen LogP contribution is 2.35. The molecular weight excluding hydrogens is 262 g/mol. The van der Waals surface area contributed by atoms with Gasteiger partial charge in [0, 0.05) is 11.4 Å². The number of aryl methyl sites for hydroxylation is 2. The van der Waals surface area contributed by atoms with E-state index in [1.165, 1.54) is 41.8 Å². The van der Waals surface area contributed by atoms with Gasteiger partial charge >= 0.3 is 0 Å². The Kier molecular flexibility index (Phi) is 4.24. The lowest BCUT2D eigenvalue weighted by molar-refractivity contribution is -0.672. The van der Waals surface area contributed by atoms with Gasteiger partial charge in [0.15, 0.2) is 6.54 Å². The van der Waals surface area contributed by atoms with Crippen LogP contribution in [-0.4, -0.2) is 23.5 Å². The van der Waals surface area contributed by atoms with Gasteiger partial charge in [-0.1, -0.05) is 0 Å². The minimum atomic E-state index is 0.122. The van der Waals surface area contributed by atoms with E-state index in [2.05, 4.69) is 24.5 Å². The average Bonchev–Trinajstić information content (AvgIpc) is 2.93. The largest absolute Gasteiger partial charge is 0.336 e. The molecular formula is C17H26N3O+. The zero-order valence-electron chi connectivity index (χ0n) is 13.2. The van der Waals surface area contributed by atoms with Crippen LogP contribution in [0.15, 0.2) is 0 Å². The van der Waals surface area contributed by atoms with Crippen molar-refractivity contribution in [2.24, 2.45) is 0 Å². The van der Waals surface area contributed by atoms with Crippen LogP contribution < -0.4 is 10.6 Å². The van der Waals surface area contributed by atoms with Crippen LogP contribution in [0.25, 0.3) is 0 Å². The summed E-state index contributed by atoms with van der Waals surface area (Å²) in [5.41, 5.74) is 6.23. The van der Waals surface area contributed by atoms with Crippen molar-refractivity contribution in [3.63, 3.8) is 0 Å². The number of nitrogens with one attached hydrogen (secondary N) is 1. The number of carbonyl (C=O) groups is 1. The third kappa shape index (κ3) is 3.10. The fourth-order valence-corrected chi connectivity index (χ4v) is 3.43. The van der Waals surface area contributed by atoms with Crippen LogP contribution in [0.3, 0.4) is 0 Å². The third-order valence-electron chi connectivity index (χ3n) is 4.54. The van der Waals surface area contributed by atoms with Crippen LogP contribution in [0.5, 0.6) is 0 Å². The molecule has 0 fully saturated rings. The fraction of sp³-hybridized carbons (Fsp3) is 0.647. The normalized spacial score (nSPS) is 16.7. The van der Waals surface area contributed by atoms with Crippen molar-refractivity contribution < 1.29 is 10.1 Å². The second-order valence-electron chi connectivity index (χ2n) is 6.63. The molecule has 2 aliphatic rings. The van der Waals surface area contributed by atoms with Gasteiger partial charge in [0.2, 0.25) is 0 Å². The molecule has 3 rings (SSSR count). The van der Waals surface area contributed by atoms with E-state index in [0.29, 0.717) is 12.6 Å². The minimum Gasteiger partial charge on any atom is -0.336 e. The lowest BCUT2D eigenvalue weighted by Gasteiger charge is -2.22. The van der Waals surface area contributed by atoms with Crippen molar-refractivity contribution in [3.8, 4) is 0 Å². The van der Waals surface area contributed by atoms with E-state index >= 15 is 0 Å². The predicted molar refractivity (Wildman–Crippen MR) is 83.5 cm³/mol. The number of amides is 1. The number of carbonyl (C=O) groups excluding carboxylic acids is 1. The second-order valence-corrected chi connectivity index (χ2v) is 6.63. The molecule has 0 radical (unpaired) electrons. The number of quaternary nitrogens is 1. The predicted octanol–water partition coefficient (Wildman–Crippen LogP) is 1.36. The van der Waals surface area contributed by atoms with Gasteiger partial charge in [0.1, 0.15) is 0 Å². The number of hydrogen-bond donors (Lipinski definition) is 2. The molecule has 0 aromatic carbocycles. The van der Waals surface area contributed by atoms with E-state index in [4.69, 9.17) is 4.98 Å². The Bertz CT molecular complexity index is 551. The maximum absolute atomic E-state index is 12.2. The van der Waals surface area contributed by atoms with Crippen LogP contribution in [0.2, 0.25) is 0 Å². The summed E-state index contributed by atoms with van der Waals surface area (Å²) in [7, 11) is 0. The van der Waals surface area contributed by atoms with E-state index in [1.807, 2.05) is 0 Å². The van der Waals surface area contributed by atoms with E-state index in [-0.39, 0.29) is 5.91 Å². The van der Waals surface area contributed by atoms with Crippen LogP contribution in [0.1, 0.15) is 55.6 Å². The lowest BCUT2D eigenvalue weighted by Crippen LogP contribution is -2.90. The first kappa shape index (κ1) is 14.5. The van der Waals surface area contributed by atoms with Crippen molar-refractivity contribution in [1.82, 2.24) is 4.98 Å². The standard InChI is InChI=1S/C17H25N3O/c1-11(2)18-10-16(21)20-17-12-6-3-4-8-14(12)19-15-9-5-7-13(15)17/h11,18H,3-10H2,1-2H3,(H,19,20,21)/p+1. The van der Waals surface area contributed by atoms with Crippen molar-refractivity contribution in [2.45, 2.75) is 64.8 Å². The van der Waals surface area contributed by atoms with Crippen LogP contribution in [-0.2, 0) is 30.5 Å². The van der Waals surface area contributed by atoms with E-state index in [9.17, 15) is 4.79 Å². The van der Waals surface area contributed by atoms with Crippen LogP contribution in [0, 0.1) is 0 Å². The summed E-state index contributed by atoms with van der Waals surface area (Å²) in [6.45, 7) is 4.72. The van der Waals surface area contributed by atoms with Crippen LogP contribution in [0.4, 0.5) is 5.69 Å². The Morgan fingerprint density at radius 1 is 1.10 bits per heavy atom. The highest BCUT2D eigenvalue weighted by molar-refractivity contribution is 5.93. The van der Waals surface area contributed by atoms with Gasteiger partial charge in [-0.3, -0.25) is 9.78 Å². The lowest BCUT2D eigenvalue weighted by atomic mass is 9.92. The molecule has 2 aliphatic carbocycles. The molecule has 0 saturated heterocycles. The summed E-state index contributed by atoms with van der Waals surface area (Å²) in [4.78, 5) is 17.1. The Balaban J connectivity index is 1.86. The molecule has 0 atom stereocenters. The maximum Gasteiger partial charge on any atom is 0.279 e. The number of nitrogens with zero attached hydrogens (tertiary/aromatic N) is 1. The number of anilines is 1. The monoisotopic (exact) mass is 288 g/mol. The molecule has 0 spiro atoms. The Hall–Kier alpha value is -1.42. The summed E-state index contributed by atoms with van der Waals surface area (Å²) >= 11 is 0. The number of hydrogen-bond acceptors (Lipinski definition) is 2. The first-order valence-corrected chi connectivity index (χ1v) is 8.32. The first-order valence-electron chi connectivity index (χ1n) is 8.32. The molecule has 3 N–H and O–H groups in total. The van der Waals surface area contributed by atoms with E-state index in [0.717, 1.165) is 31.4 Å². The first-order chi connectivity index (χ1) is 10.1. The molecule has 0 bridgehead atoms. The van der Waals surface area contributed by atoms with E-state index < -0.39 is 0 Å². The Labute approximate surface area is 126 Å². The average molecular weight is 288 g/mol. The molecule has 1 aromatic rings. The molecule has 4 nitrogen and oxygen atoms in total. The summed E-state index contributed by atoms with van der Waals surface area (Å²) in [5, 5.41) is 5.29. The summed E-state index contributed by atoms with van der Waals surface area (Å²) in [5.74, 6) is 0.122. The number of aromatic nitrogens is 1. The summed E-state index contributed by atoms with van der Waals surface area (Å²) < 4.78 is 0. The molecule has 4 heteroatoms. The molecule has 1 aromatic heterocycles. The van der Waals surface area contributed by atoms with Gasteiger partial charge in [0.05, 0.1) is 11.7 Å². The quantitative estimate of drug-likeness (QED) is 0.879. The van der Waals surface area contributed by atoms with Gasteiger partial charge in [-0.15, -0.1) is 0 Å². The fourth-order valence-electron chi connectivity index (χ4n) is 3.43. The number of fused-ring (bicyclic) bond motifs is 2. The topological polar surface area (TPSA) is 58.6 Å². The molecule has 1 amide bonds. The SMILES string of the molecule is CC(C)[NH2+]CC(=O)Nc1c2c(nc3c1CCC3)CCCC2. The van der Waals surface area contributed by atoms with Gasteiger partial charge in [-0.25, -0.2) is 0 Å². The van der Waals surface area contributed by atoms with Gasteiger partial charge in [-0.05, 0) is 69.9 Å². The Morgan fingerprint density at radius 3 is 2.43 bits per heavy atom. The Morgan fingerprint density at radius 2 is 1.71 bits per heavy atom. The molecule has 21 heavy (non-hydrogen) atoms. The smallest absolute Gasteiger partial charge is 0.279 e. The molecule has 0 unspecified atom stereocenters. The van der Waals surface area contributed by atoms with E-state index in [1.54, 1.807) is 0 Å². The van der Waals surface area contributed by atoms with Crippen molar-refractivity contribution in [1.29, 1.82) is 0 Å². The number of nitrogens with two attached hydrogens (primary N) is 1. The number of rotatable bonds is 4. The third-order valence-corrected chi connectivity index (χ3v) is 4.54. The summed E-state index contributed by atoms with van der Waals surface area (Å²) in [6, 6.07) is 0.452. The zero-order valence-corrected chi connectivity index (χ0v) is 13.2. The van der Waals surface area contributed by atoms with Crippen molar-refractivity contribution in [3.05, 3.63) is 22.5 Å². The van der Waals surface area contributed by atoms with Gasteiger partial charge < -0.3 is 10.6 Å². The van der Waals surface area contributed by atoms with Crippen LogP contribution >= 0.6 is 0 Å². The van der Waals surface area contributed by atoms with Gasteiger partial charge in [0.25, 0.3) is 5.91 Å². The summed E-state index contributed by atoms with van der Waals surface area (Å²) in [6.07, 6.45) is 7.90. The minimum absolute atomic E-state index is 0.122. The highest BCUT2D eigenvalue weighted by atomic mass is 16.1. The zero-order chi connectivity index (χ0) is 14.8. The molecule has 0 saturated carbocycles. The highest BCUT2D eigenvalue weighted by Gasteiger charge is 2.25. The van der Waals surface area contributed by atoms with Crippen molar-refractivity contribution >= 4 is 11.6 Å².